The minimum atomic E-state index is 0.360. The van der Waals surface area contributed by atoms with Crippen LogP contribution in [0.15, 0.2) is 6.20 Å². The first-order valence-electron chi connectivity index (χ1n) is 7.44. The van der Waals surface area contributed by atoms with Gasteiger partial charge in [-0.3, -0.25) is 4.68 Å². The van der Waals surface area contributed by atoms with E-state index in [9.17, 15) is 0 Å². The number of hydrogen-bond acceptors (Lipinski definition) is 3. The Morgan fingerprint density at radius 2 is 2.21 bits per heavy atom. The molecule has 4 nitrogen and oxygen atoms in total. The van der Waals surface area contributed by atoms with E-state index in [-0.39, 0.29) is 0 Å². The van der Waals surface area contributed by atoms with Crippen LogP contribution in [-0.2, 0) is 0 Å². The van der Waals surface area contributed by atoms with E-state index in [1.807, 2.05) is 6.20 Å². The van der Waals surface area contributed by atoms with Crippen LogP contribution in [0, 0.1) is 11.8 Å². The van der Waals surface area contributed by atoms with Crippen LogP contribution in [0.3, 0.4) is 0 Å². The highest BCUT2D eigenvalue weighted by molar-refractivity contribution is 5.30. The van der Waals surface area contributed by atoms with Crippen molar-refractivity contribution in [2.45, 2.75) is 52.6 Å². The maximum Gasteiger partial charge on any atom is 0.161 e. The molecule has 3 unspecified atom stereocenters. The predicted molar refractivity (Wildman–Crippen MR) is 77.5 cm³/mol. The first kappa shape index (κ1) is 14.4. The molecule has 0 aliphatic heterocycles. The third-order valence-corrected chi connectivity index (χ3v) is 4.02. The van der Waals surface area contributed by atoms with Gasteiger partial charge in [0.1, 0.15) is 0 Å². The van der Waals surface area contributed by atoms with Gasteiger partial charge >= 0.3 is 0 Å². The highest BCUT2D eigenvalue weighted by atomic mass is 16.5. The summed E-state index contributed by atoms with van der Waals surface area (Å²) in [6.07, 6.45) is 4.30. The molecule has 0 radical (unpaired) electrons. The minimum Gasteiger partial charge on any atom is -0.493 e. The Balaban J connectivity index is 2.31. The summed E-state index contributed by atoms with van der Waals surface area (Å²) in [6, 6.07) is 0.730. The van der Waals surface area contributed by atoms with Gasteiger partial charge in [-0.25, -0.2) is 0 Å². The van der Waals surface area contributed by atoms with Gasteiger partial charge in [-0.1, -0.05) is 13.8 Å². The van der Waals surface area contributed by atoms with Crippen molar-refractivity contribution in [1.29, 1.82) is 0 Å². The van der Waals surface area contributed by atoms with Crippen molar-refractivity contribution < 1.29 is 4.74 Å². The molecule has 2 rings (SSSR count). The van der Waals surface area contributed by atoms with E-state index < -0.39 is 0 Å². The summed E-state index contributed by atoms with van der Waals surface area (Å²) in [6.45, 7) is 9.91. The van der Waals surface area contributed by atoms with E-state index in [1.54, 1.807) is 7.11 Å². The summed E-state index contributed by atoms with van der Waals surface area (Å²) in [5.41, 5.74) is 1.22. The number of hydrogen-bond donors (Lipinski definition) is 1. The summed E-state index contributed by atoms with van der Waals surface area (Å²) in [5.74, 6) is 2.44. The van der Waals surface area contributed by atoms with Gasteiger partial charge in [-0.05, 0) is 45.1 Å². The molecule has 1 aromatic heterocycles. The number of aromatic nitrogens is 2. The molecule has 1 aromatic rings. The van der Waals surface area contributed by atoms with Crippen molar-refractivity contribution in [3.63, 3.8) is 0 Å². The van der Waals surface area contributed by atoms with Crippen molar-refractivity contribution in [2.75, 3.05) is 13.7 Å². The maximum atomic E-state index is 5.53. The lowest BCUT2D eigenvalue weighted by Crippen LogP contribution is -2.28. The van der Waals surface area contributed by atoms with Gasteiger partial charge in [0.25, 0.3) is 0 Å². The molecule has 1 heterocycles. The summed E-state index contributed by atoms with van der Waals surface area (Å²) >= 11 is 0. The Bertz CT molecular complexity index is 414. The largest absolute Gasteiger partial charge is 0.493 e. The average Bonchev–Trinajstić information content (AvgIpc) is 2.93. The van der Waals surface area contributed by atoms with Crippen molar-refractivity contribution >= 4 is 0 Å². The summed E-state index contributed by atoms with van der Waals surface area (Å²) in [7, 11) is 1.73. The van der Waals surface area contributed by atoms with E-state index in [2.05, 4.69) is 42.8 Å². The molecular formula is C15H27N3O. The predicted octanol–water partition coefficient (Wildman–Crippen LogP) is 3.17. The molecule has 19 heavy (non-hydrogen) atoms. The molecule has 1 fully saturated rings. The average molecular weight is 265 g/mol. The van der Waals surface area contributed by atoms with Gasteiger partial charge < -0.3 is 10.1 Å². The monoisotopic (exact) mass is 265 g/mol. The Hall–Kier alpha value is -1.03. The van der Waals surface area contributed by atoms with E-state index in [4.69, 9.17) is 4.74 Å². The van der Waals surface area contributed by atoms with Crippen LogP contribution in [0.1, 0.15) is 58.3 Å². The quantitative estimate of drug-likeness (QED) is 0.823. The summed E-state index contributed by atoms with van der Waals surface area (Å²) < 4.78 is 7.64. The second-order valence-electron chi connectivity index (χ2n) is 5.95. The third-order valence-electron chi connectivity index (χ3n) is 4.02. The van der Waals surface area contributed by atoms with Gasteiger partial charge in [0.05, 0.1) is 25.0 Å². The van der Waals surface area contributed by atoms with Crippen LogP contribution in [0.2, 0.25) is 0 Å². The van der Waals surface area contributed by atoms with Crippen LogP contribution in [0.25, 0.3) is 0 Å². The second-order valence-corrected chi connectivity index (χ2v) is 5.95. The lowest BCUT2D eigenvalue weighted by molar-refractivity contribution is 0.365. The molecule has 0 aromatic carbocycles. The molecule has 0 saturated heterocycles. The van der Waals surface area contributed by atoms with E-state index in [0.29, 0.717) is 12.1 Å². The molecule has 0 amide bonds. The van der Waals surface area contributed by atoms with Gasteiger partial charge in [0, 0.05) is 6.04 Å². The Morgan fingerprint density at radius 1 is 1.53 bits per heavy atom. The van der Waals surface area contributed by atoms with Crippen molar-refractivity contribution in [1.82, 2.24) is 15.1 Å². The molecule has 0 bridgehead atoms. The normalized spacial score (nSPS) is 23.7. The third kappa shape index (κ3) is 2.94. The molecule has 1 N–H and O–H groups in total. The SMILES string of the molecule is CCCNC(c1c(OC)cnn1C(C)C)C1CC1C. The molecular weight excluding hydrogens is 238 g/mol. The number of rotatable bonds is 7. The fraction of sp³-hybridized carbons (Fsp3) is 0.800. The number of nitrogens with one attached hydrogen (secondary N) is 1. The van der Waals surface area contributed by atoms with E-state index in [0.717, 1.165) is 30.6 Å². The fourth-order valence-electron chi connectivity index (χ4n) is 2.79. The standard InChI is InChI=1S/C15H27N3O/c1-6-7-16-14(12-8-11(12)4)15-13(19-5)9-17-18(15)10(2)3/h9-12,14,16H,6-8H2,1-5H3. The van der Waals surface area contributed by atoms with E-state index in [1.165, 1.54) is 12.1 Å². The molecule has 0 spiro atoms. The second kappa shape index (κ2) is 5.95. The van der Waals surface area contributed by atoms with Gasteiger partial charge in [-0.2, -0.15) is 5.10 Å². The maximum absolute atomic E-state index is 5.53. The first-order valence-corrected chi connectivity index (χ1v) is 7.44. The Labute approximate surface area is 116 Å². The molecule has 1 aliphatic carbocycles. The molecule has 1 saturated carbocycles. The molecule has 1 aliphatic rings. The van der Waals surface area contributed by atoms with Gasteiger partial charge in [-0.15, -0.1) is 0 Å². The fourth-order valence-corrected chi connectivity index (χ4v) is 2.79. The Kier molecular flexibility index (Phi) is 4.50. The number of nitrogens with zero attached hydrogens (tertiary/aromatic N) is 2. The van der Waals surface area contributed by atoms with Crippen LogP contribution < -0.4 is 10.1 Å². The zero-order valence-electron chi connectivity index (χ0n) is 12.8. The first-order chi connectivity index (χ1) is 9.10. The minimum absolute atomic E-state index is 0.360. The Morgan fingerprint density at radius 3 is 2.68 bits per heavy atom. The summed E-state index contributed by atoms with van der Waals surface area (Å²) in [4.78, 5) is 0. The lowest BCUT2D eigenvalue weighted by atomic mass is 10.1. The van der Waals surface area contributed by atoms with E-state index >= 15 is 0 Å². The molecule has 108 valence electrons. The van der Waals surface area contributed by atoms with Gasteiger partial charge in [0.2, 0.25) is 0 Å². The van der Waals surface area contributed by atoms with Crippen molar-refractivity contribution in [3.8, 4) is 5.75 Å². The van der Waals surface area contributed by atoms with Crippen LogP contribution in [0.5, 0.6) is 5.75 Å². The number of ether oxygens (including phenoxy) is 1. The molecule has 3 atom stereocenters. The van der Waals surface area contributed by atoms with Crippen LogP contribution in [-0.4, -0.2) is 23.4 Å². The highest BCUT2D eigenvalue weighted by Crippen LogP contribution is 2.48. The zero-order valence-corrected chi connectivity index (χ0v) is 12.8. The van der Waals surface area contributed by atoms with Crippen molar-refractivity contribution in [2.24, 2.45) is 11.8 Å². The zero-order chi connectivity index (χ0) is 14.0. The van der Waals surface area contributed by atoms with Crippen LogP contribution >= 0.6 is 0 Å². The van der Waals surface area contributed by atoms with Crippen LogP contribution in [0.4, 0.5) is 0 Å². The smallest absolute Gasteiger partial charge is 0.161 e. The van der Waals surface area contributed by atoms with Gasteiger partial charge in [0.15, 0.2) is 5.75 Å². The highest BCUT2D eigenvalue weighted by Gasteiger charge is 2.42. The molecule has 4 heteroatoms. The summed E-state index contributed by atoms with van der Waals surface area (Å²) in [5, 5.41) is 8.20. The topological polar surface area (TPSA) is 39.1 Å². The lowest BCUT2D eigenvalue weighted by Gasteiger charge is -2.22. The number of methoxy groups -OCH3 is 1. The van der Waals surface area contributed by atoms with Crippen molar-refractivity contribution in [3.05, 3.63) is 11.9 Å².